The van der Waals surface area contributed by atoms with Crippen molar-refractivity contribution < 1.29 is 31.1 Å². The molecule has 0 amide bonds. The van der Waals surface area contributed by atoms with Gasteiger partial charge >= 0.3 is 17.2 Å². The summed E-state index contributed by atoms with van der Waals surface area (Å²) in [6.45, 7) is -2.06. The predicted octanol–water partition coefficient (Wildman–Crippen LogP) is 2.69. The molecule has 3 aromatic rings. The van der Waals surface area contributed by atoms with Crippen molar-refractivity contribution in [1.29, 1.82) is 0 Å². The number of aromatic amines is 3. The summed E-state index contributed by atoms with van der Waals surface area (Å²) in [6, 6.07) is 3.32. The first-order chi connectivity index (χ1) is 16.7. The normalized spacial score (nSPS) is 18.0. The molecule has 1 saturated heterocycles. The molecule has 9 nitrogen and oxygen atoms in total. The van der Waals surface area contributed by atoms with Crippen molar-refractivity contribution in [2.45, 2.75) is 23.5 Å². The molecule has 1 aliphatic rings. The number of anilines is 1. The Morgan fingerprint density at radius 2 is 1.69 bits per heavy atom. The number of hydrogen-bond donors (Lipinski definition) is 3. The summed E-state index contributed by atoms with van der Waals surface area (Å²) in [6.07, 6.45) is -5.72. The molecule has 0 radical (unpaired) electrons. The Bertz CT molecular complexity index is 1450. The van der Waals surface area contributed by atoms with Crippen LogP contribution in [-0.4, -0.2) is 45.3 Å². The molecule has 192 valence electrons. The third-order valence-corrected chi connectivity index (χ3v) is 5.54. The molecule has 0 spiro atoms. The monoisotopic (exact) mass is 537 g/mol. The van der Waals surface area contributed by atoms with Crippen LogP contribution in [0, 0.1) is 0 Å². The molecule has 1 aromatic carbocycles. The molecule has 0 aliphatic carbocycles. The maximum atomic E-state index is 14.6. The van der Waals surface area contributed by atoms with Crippen LogP contribution < -0.4 is 21.7 Å². The van der Waals surface area contributed by atoms with Gasteiger partial charge in [0, 0.05) is 11.8 Å². The van der Waals surface area contributed by atoms with E-state index in [1.807, 2.05) is 10.1 Å². The van der Waals surface area contributed by atoms with Crippen LogP contribution in [0.3, 0.4) is 0 Å². The Morgan fingerprint density at radius 1 is 1.06 bits per heavy atom. The number of nitrogens with one attached hydrogen (secondary N) is 3. The van der Waals surface area contributed by atoms with Crippen molar-refractivity contribution >= 4 is 17.3 Å². The highest BCUT2D eigenvalue weighted by Crippen LogP contribution is 2.40. The average Bonchev–Trinajstić information content (AvgIpc) is 3.07. The maximum Gasteiger partial charge on any atom is 0.383 e. The molecule has 4 rings (SSSR count). The Hall–Kier alpha value is -3.59. The molecule has 2 aromatic heterocycles. The molecule has 3 heterocycles. The van der Waals surface area contributed by atoms with Gasteiger partial charge in [-0.25, -0.2) is 18.7 Å². The smallest absolute Gasteiger partial charge is 0.358 e. The topological polar surface area (TPSA) is 124 Å². The first-order valence-electron chi connectivity index (χ1n) is 9.95. The Balaban J connectivity index is 1.59. The Morgan fingerprint density at radius 3 is 2.31 bits per heavy atom. The highest BCUT2D eigenvalue weighted by Gasteiger charge is 2.54. The van der Waals surface area contributed by atoms with Crippen LogP contribution in [0.4, 0.5) is 32.0 Å². The second-order valence-electron chi connectivity index (χ2n) is 7.79. The molecule has 1 aliphatic heterocycles. The summed E-state index contributed by atoms with van der Waals surface area (Å²) in [5, 5.41) is 1.85. The van der Waals surface area contributed by atoms with E-state index in [0.29, 0.717) is 24.3 Å². The molecule has 1 fully saturated rings. The van der Waals surface area contributed by atoms with E-state index in [2.05, 4.69) is 14.8 Å². The summed E-state index contributed by atoms with van der Waals surface area (Å²) < 4.78 is 89.1. The van der Waals surface area contributed by atoms with E-state index in [4.69, 9.17) is 11.6 Å². The van der Waals surface area contributed by atoms with Gasteiger partial charge in [-0.1, -0.05) is 12.1 Å². The van der Waals surface area contributed by atoms with Gasteiger partial charge in [-0.05, 0) is 29.8 Å². The lowest BCUT2D eigenvalue weighted by molar-refractivity contribution is -0.297. The molecule has 36 heavy (non-hydrogen) atoms. The van der Waals surface area contributed by atoms with Crippen molar-refractivity contribution in [2.75, 3.05) is 18.0 Å². The fraction of sp³-hybridized carbons (Fsp3) is 0.300. The third-order valence-electron chi connectivity index (χ3n) is 5.32. The van der Waals surface area contributed by atoms with Crippen molar-refractivity contribution in [3.8, 4) is 11.3 Å². The minimum atomic E-state index is -4.30. The van der Waals surface area contributed by atoms with E-state index in [0.717, 1.165) is 17.2 Å². The van der Waals surface area contributed by atoms with Crippen molar-refractivity contribution in [3.63, 3.8) is 0 Å². The second-order valence-corrected chi connectivity index (χ2v) is 8.27. The lowest BCUT2D eigenvalue weighted by atomic mass is 10.1. The van der Waals surface area contributed by atoms with Gasteiger partial charge in [0.05, 0.1) is 29.9 Å². The van der Waals surface area contributed by atoms with E-state index in [1.165, 1.54) is 0 Å². The van der Waals surface area contributed by atoms with Crippen LogP contribution in [0.1, 0.15) is 11.1 Å². The molecule has 3 N–H and O–H groups in total. The third kappa shape index (κ3) is 5.02. The number of alkyl halides is 7. The fourth-order valence-electron chi connectivity index (χ4n) is 3.53. The minimum absolute atomic E-state index is 0.198. The van der Waals surface area contributed by atoms with Crippen LogP contribution in [0.25, 0.3) is 11.3 Å². The standard InChI is InChI=1S/C20H14ClF6N5O4/c21-19(24,25)9-1-3-10(4-2-9)20(26,27)36-14-7-32(8-18(14,22)23)13-5-12(30-31-16(13)34)11-6-28-17(35)29-15(11)33/h1-6,14H,7-8H2,(H,31,34)(H2,28,29,33,35). The number of halogens is 7. The van der Waals surface area contributed by atoms with E-state index < -0.39 is 70.2 Å². The van der Waals surface area contributed by atoms with Gasteiger partial charge in [-0.15, -0.1) is 0 Å². The molecule has 0 bridgehead atoms. The lowest BCUT2D eigenvalue weighted by Crippen LogP contribution is -2.38. The number of benzene rings is 1. The molecule has 0 saturated carbocycles. The number of hydrogen-bond acceptors (Lipinski definition) is 6. The van der Waals surface area contributed by atoms with Crippen LogP contribution in [-0.2, 0) is 16.2 Å². The quantitative estimate of drug-likeness (QED) is 0.328. The average molecular weight is 538 g/mol. The van der Waals surface area contributed by atoms with Gasteiger partial charge < -0.3 is 14.6 Å². The molecular weight excluding hydrogens is 524 g/mol. The largest absolute Gasteiger partial charge is 0.383 e. The first kappa shape index (κ1) is 25.5. The zero-order valence-corrected chi connectivity index (χ0v) is 18.4. The Kier molecular flexibility index (Phi) is 6.24. The summed E-state index contributed by atoms with van der Waals surface area (Å²) in [5.74, 6) is -3.86. The molecule has 1 unspecified atom stereocenters. The number of ether oxygens (including phenoxy) is 1. The summed E-state index contributed by atoms with van der Waals surface area (Å²) in [5.41, 5.74) is -5.24. The zero-order chi connectivity index (χ0) is 26.5. The zero-order valence-electron chi connectivity index (χ0n) is 17.6. The van der Waals surface area contributed by atoms with Gasteiger partial charge in [0.1, 0.15) is 11.8 Å². The number of aromatic nitrogens is 4. The minimum Gasteiger partial charge on any atom is -0.358 e. The Labute approximate surface area is 200 Å². The molecule has 16 heteroatoms. The van der Waals surface area contributed by atoms with Gasteiger partial charge in [0.15, 0.2) is 0 Å². The summed E-state index contributed by atoms with van der Waals surface area (Å²) in [7, 11) is 0. The number of nitrogens with zero attached hydrogens (tertiary/aromatic N) is 2. The summed E-state index contributed by atoms with van der Waals surface area (Å²) >= 11 is 4.83. The van der Waals surface area contributed by atoms with Crippen LogP contribution in [0.15, 0.2) is 50.9 Å². The van der Waals surface area contributed by atoms with E-state index in [1.54, 1.807) is 0 Å². The fourth-order valence-corrected chi connectivity index (χ4v) is 3.66. The highest BCUT2D eigenvalue weighted by molar-refractivity contribution is 6.21. The van der Waals surface area contributed by atoms with Crippen molar-refractivity contribution in [3.05, 3.63) is 78.8 Å². The van der Waals surface area contributed by atoms with Crippen molar-refractivity contribution in [1.82, 2.24) is 20.2 Å². The van der Waals surface area contributed by atoms with Crippen LogP contribution >= 0.6 is 11.6 Å². The highest BCUT2D eigenvalue weighted by atomic mass is 35.5. The van der Waals surface area contributed by atoms with Gasteiger partial charge in [-0.3, -0.25) is 14.6 Å². The second kappa shape index (κ2) is 8.81. The predicted molar refractivity (Wildman–Crippen MR) is 114 cm³/mol. The van der Waals surface area contributed by atoms with Crippen molar-refractivity contribution in [2.24, 2.45) is 0 Å². The number of H-pyrrole nitrogens is 3. The van der Waals surface area contributed by atoms with Crippen LogP contribution in [0.2, 0.25) is 0 Å². The maximum absolute atomic E-state index is 14.6. The lowest BCUT2D eigenvalue weighted by Gasteiger charge is -2.25. The number of rotatable bonds is 6. The molecule has 1 atom stereocenters. The van der Waals surface area contributed by atoms with E-state index >= 15 is 0 Å². The summed E-state index contributed by atoms with van der Waals surface area (Å²) in [4.78, 5) is 40.3. The SMILES string of the molecule is O=c1[nH]cc(-c2cc(N3CC(OC(F)(F)c4ccc(C(F)(F)Cl)cc4)C(F)(F)C3)c(=O)[nH]n2)c(=O)[nH]1. The van der Waals surface area contributed by atoms with Gasteiger partial charge in [-0.2, -0.15) is 22.7 Å². The van der Waals surface area contributed by atoms with Gasteiger partial charge in [0.25, 0.3) is 17.0 Å². The van der Waals surface area contributed by atoms with Crippen LogP contribution in [0.5, 0.6) is 0 Å². The van der Waals surface area contributed by atoms with E-state index in [9.17, 15) is 40.7 Å². The van der Waals surface area contributed by atoms with E-state index in [-0.39, 0.29) is 11.3 Å². The first-order valence-corrected chi connectivity index (χ1v) is 10.3. The molecular formula is C20H14ClF6N5O4. The van der Waals surface area contributed by atoms with Gasteiger partial charge in [0.2, 0.25) is 0 Å².